The van der Waals surface area contributed by atoms with Gasteiger partial charge in [-0.1, -0.05) is 0 Å². The molecule has 4 nitrogen and oxygen atoms in total. The van der Waals surface area contributed by atoms with E-state index in [4.69, 9.17) is 10.5 Å². The summed E-state index contributed by atoms with van der Waals surface area (Å²) < 4.78 is 5.36. The highest BCUT2D eigenvalue weighted by atomic mass is 16.5. The van der Waals surface area contributed by atoms with Crippen molar-refractivity contribution >= 4 is 10.9 Å². The predicted octanol–water partition coefficient (Wildman–Crippen LogP) is 0.866. The first-order valence-corrected chi connectivity index (χ1v) is 4.75. The number of aromatic amines is 1. The fourth-order valence-electron chi connectivity index (χ4n) is 1.40. The number of ether oxygens (including phenoxy) is 1. The molecule has 0 aliphatic rings. The van der Waals surface area contributed by atoms with E-state index in [1.165, 1.54) is 6.07 Å². The highest BCUT2D eigenvalue weighted by Gasteiger charge is 1.97. The molecule has 0 unspecified atom stereocenters. The molecular weight excluding hydrogens is 192 g/mol. The number of hydrogen-bond acceptors (Lipinski definition) is 3. The summed E-state index contributed by atoms with van der Waals surface area (Å²) >= 11 is 0. The number of nitrogens with one attached hydrogen (secondary N) is 1. The molecule has 2 aromatic rings. The van der Waals surface area contributed by atoms with Crippen LogP contribution in [0.25, 0.3) is 10.9 Å². The van der Waals surface area contributed by atoms with Crippen LogP contribution in [0.5, 0.6) is 5.75 Å². The monoisotopic (exact) mass is 204 g/mol. The van der Waals surface area contributed by atoms with Gasteiger partial charge in [0.25, 0.3) is 0 Å². The van der Waals surface area contributed by atoms with Gasteiger partial charge < -0.3 is 15.5 Å². The van der Waals surface area contributed by atoms with Crippen molar-refractivity contribution in [1.82, 2.24) is 4.98 Å². The second-order valence-electron chi connectivity index (χ2n) is 3.21. The minimum atomic E-state index is -0.113. The van der Waals surface area contributed by atoms with E-state index in [0.29, 0.717) is 13.2 Å². The second-order valence-corrected chi connectivity index (χ2v) is 3.21. The van der Waals surface area contributed by atoms with Crippen LogP contribution >= 0.6 is 0 Å². The summed E-state index contributed by atoms with van der Waals surface area (Å²) in [5, 5.41) is 0.981. The second kappa shape index (κ2) is 4.14. The van der Waals surface area contributed by atoms with Gasteiger partial charge in [-0.2, -0.15) is 0 Å². The lowest BCUT2D eigenvalue weighted by Gasteiger charge is -2.05. The molecule has 0 amide bonds. The fraction of sp³-hybridized carbons (Fsp3) is 0.182. The molecular formula is C11H12N2O2. The first-order valence-electron chi connectivity index (χ1n) is 4.75. The van der Waals surface area contributed by atoms with Gasteiger partial charge >= 0.3 is 0 Å². The van der Waals surface area contributed by atoms with Crippen molar-refractivity contribution in [3.8, 4) is 5.75 Å². The molecule has 15 heavy (non-hydrogen) atoms. The Balaban J connectivity index is 2.40. The van der Waals surface area contributed by atoms with Gasteiger partial charge in [0.15, 0.2) is 0 Å². The number of fused-ring (bicyclic) bond motifs is 1. The van der Waals surface area contributed by atoms with E-state index in [1.54, 1.807) is 12.1 Å². The first-order chi connectivity index (χ1) is 7.29. The molecule has 2 rings (SSSR count). The van der Waals surface area contributed by atoms with Crippen molar-refractivity contribution < 1.29 is 4.74 Å². The molecule has 0 atom stereocenters. The lowest BCUT2D eigenvalue weighted by molar-refractivity contribution is 0.328. The van der Waals surface area contributed by atoms with Gasteiger partial charge in [0, 0.05) is 18.7 Å². The number of benzene rings is 1. The van der Waals surface area contributed by atoms with Crippen molar-refractivity contribution in [1.29, 1.82) is 0 Å². The zero-order chi connectivity index (χ0) is 10.7. The molecule has 0 spiro atoms. The van der Waals surface area contributed by atoms with Crippen LogP contribution in [0.3, 0.4) is 0 Å². The average molecular weight is 204 g/mol. The molecule has 3 N–H and O–H groups in total. The molecule has 1 aromatic carbocycles. The molecule has 78 valence electrons. The van der Waals surface area contributed by atoms with Crippen LogP contribution in [0.4, 0.5) is 0 Å². The van der Waals surface area contributed by atoms with E-state index in [2.05, 4.69) is 4.98 Å². The Kier molecular flexibility index (Phi) is 2.69. The first kappa shape index (κ1) is 9.73. The summed E-state index contributed by atoms with van der Waals surface area (Å²) in [7, 11) is 0. The molecule has 0 fully saturated rings. The van der Waals surface area contributed by atoms with Crippen LogP contribution in [-0.4, -0.2) is 18.1 Å². The van der Waals surface area contributed by atoms with Gasteiger partial charge in [-0.3, -0.25) is 4.79 Å². The Morgan fingerprint density at radius 3 is 2.87 bits per heavy atom. The summed E-state index contributed by atoms with van der Waals surface area (Å²) in [5.74, 6) is 0.717. The Morgan fingerprint density at radius 1 is 1.27 bits per heavy atom. The van der Waals surface area contributed by atoms with Gasteiger partial charge in [-0.25, -0.2) is 0 Å². The molecule has 4 heteroatoms. The van der Waals surface area contributed by atoms with Crippen molar-refractivity contribution in [2.45, 2.75) is 0 Å². The zero-order valence-electron chi connectivity index (χ0n) is 8.19. The van der Waals surface area contributed by atoms with Crippen LogP contribution in [0.1, 0.15) is 0 Å². The molecule has 0 saturated heterocycles. The molecule has 0 saturated carbocycles. The molecule has 1 aromatic heterocycles. The highest BCUT2D eigenvalue weighted by Crippen LogP contribution is 2.17. The third-order valence-electron chi connectivity index (χ3n) is 2.08. The SMILES string of the molecule is NCCOc1ccc2ccc(=O)[nH]c2c1. The largest absolute Gasteiger partial charge is 0.492 e. The number of hydrogen-bond donors (Lipinski definition) is 2. The summed E-state index contributed by atoms with van der Waals surface area (Å²) in [4.78, 5) is 13.8. The minimum absolute atomic E-state index is 0.113. The van der Waals surface area contributed by atoms with E-state index in [1.807, 2.05) is 12.1 Å². The number of rotatable bonds is 3. The van der Waals surface area contributed by atoms with Crippen molar-refractivity contribution in [2.75, 3.05) is 13.2 Å². The van der Waals surface area contributed by atoms with Gasteiger partial charge in [0.1, 0.15) is 12.4 Å². The normalized spacial score (nSPS) is 10.5. The maximum Gasteiger partial charge on any atom is 0.248 e. The van der Waals surface area contributed by atoms with Crippen molar-refractivity contribution in [3.63, 3.8) is 0 Å². The van der Waals surface area contributed by atoms with Crippen molar-refractivity contribution in [2.24, 2.45) is 5.73 Å². The van der Waals surface area contributed by atoms with Crippen LogP contribution in [-0.2, 0) is 0 Å². The lowest BCUT2D eigenvalue weighted by Crippen LogP contribution is -2.10. The molecule has 1 heterocycles. The quantitative estimate of drug-likeness (QED) is 0.779. The average Bonchev–Trinajstić information content (AvgIpc) is 2.25. The van der Waals surface area contributed by atoms with Crippen molar-refractivity contribution in [3.05, 3.63) is 40.7 Å². The van der Waals surface area contributed by atoms with Crippen LogP contribution in [0, 0.1) is 0 Å². The Morgan fingerprint density at radius 2 is 2.07 bits per heavy atom. The van der Waals surface area contributed by atoms with E-state index in [0.717, 1.165) is 16.7 Å². The van der Waals surface area contributed by atoms with Gasteiger partial charge in [-0.15, -0.1) is 0 Å². The van der Waals surface area contributed by atoms with Gasteiger partial charge in [0.2, 0.25) is 5.56 Å². The van der Waals surface area contributed by atoms with E-state index in [9.17, 15) is 4.79 Å². The van der Waals surface area contributed by atoms with E-state index >= 15 is 0 Å². The highest BCUT2D eigenvalue weighted by molar-refractivity contribution is 5.79. The number of aromatic nitrogens is 1. The van der Waals surface area contributed by atoms with E-state index < -0.39 is 0 Å². The van der Waals surface area contributed by atoms with Gasteiger partial charge in [-0.05, 0) is 23.6 Å². The molecule has 0 bridgehead atoms. The smallest absolute Gasteiger partial charge is 0.248 e. The minimum Gasteiger partial charge on any atom is -0.492 e. The Labute approximate surface area is 86.7 Å². The third-order valence-corrected chi connectivity index (χ3v) is 2.08. The Hall–Kier alpha value is -1.81. The van der Waals surface area contributed by atoms with Crippen LogP contribution in [0.15, 0.2) is 35.1 Å². The van der Waals surface area contributed by atoms with E-state index in [-0.39, 0.29) is 5.56 Å². The molecule has 0 aliphatic heterocycles. The molecule has 0 aliphatic carbocycles. The maximum atomic E-state index is 11.1. The maximum absolute atomic E-state index is 11.1. The fourth-order valence-corrected chi connectivity index (χ4v) is 1.40. The zero-order valence-corrected chi connectivity index (χ0v) is 8.19. The lowest BCUT2D eigenvalue weighted by atomic mass is 10.2. The third kappa shape index (κ3) is 2.16. The van der Waals surface area contributed by atoms with Gasteiger partial charge in [0.05, 0.1) is 5.52 Å². The summed E-state index contributed by atoms with van der Waals surface area (Å²) in [6, 6.07) is 8.84. The molecule has 0 radical (unpaired) electrons. The predicted molar refractivity (Wildman–Crippen MR) is 59.1 cm³/mol. The summed E-state index contributed by atoms with van der Waals surface area (Å²) in [6.45, 7) is 0.950. The number of nitrogens with two attached hydrogens (primary N) is 1. The summed E-state index contributed by atoms with van der Waals surface area (Å²) in [5.41, 5.74) is 5.99. The van der Waals surface area contributed by atoms with Crippen LogP contribution in [0.2, 0.25) is 0 Å². The number of H-pyrrole nitrogens is 1. The van der Waals surface area contributed by atoms with Crippen LogP contribution < -0.4 is 16.0 Å². The number of pyridine rings is 1. The topological polar surface area (TPSA) is 68.1 Å². The summed E-state index contributed by atoms with van der Waals surface area (Å²) in [6.07, 6.45) is 0. The standard InChI is InChI=1S/C11H12N2O2/c12-5-6-15-9-3-1-8-2-4-11(14)13-10(8)7-9/h1-4,7H,5-6,12H2,(H,13,14). The Bertz CT molecular complexity index is 519.